The first-order valence-electron chi connectivity index (χ1n) is 11.3. The molecule has 3 aromatic carbocycles. The van der Waals surface area contributed by atoms with Gasteiger partial charge in [0.2, 0.25) is 5.95 Å². The minimum atomic E-state index is -0.643. The van der Waals surface area contributed by atoms with Crippen molar-refractivity contribution >= 4 is 51.0 Å². The third-order valence-corrected chi connectivity index (χ3v) is 6.97. The van der Waals surface area contributed by atoms with Gasteiger partial charge < -0.3 is 14.8 Å². The van der Waals surface area contributed by atoms with Crippen molar-refractivity contribution in [3.05, 3.63) is 116 Å². The Morgan fingerprint density at radius 1 is 1.08 bits per heavy atom. The zero-order chi connectivity index (χ0) is 25.9. The van der Waals surface area contributed by atoms with Gasteiger partial charge in [0.15, 0.2) is 0 Å². The van der Waals surface area contributed by atoms with Gasteiger partial charge in [0, 0.05) is 31.3 Å². The lowest BCUT2D eigenvalue weighted by Crippen LogP contribution is -2.30. The van der Waals surface area contributed by atoms with Crippen molar-refractivity contribution < 1.29 is 14.3 Å². The van der Waals surface area contributed by atoms with E-state index in [0.29, 0.717) is 38.6 Å². The largest absolute Gasteiger partial charge is 0.488 e. The number of hydrogen-bond donors (Lipinski definition) is 1. The lowest BCUT2D eigenvalue weighted by molar-refractivity contribution is -0.140. The number of esters is 1. The number of fused-ring (bicyclic) bond motifs is 1. The van der Waals surface area contributed by atoms with E-state index in [-0.39, 0.29) is 13.2 Å². The van der Waals surface area contributed by atoms with E-state index in [1.165, 1.54) is 6.33 Å². The van der Waals surface area contributed by atoms with Gasteiger partial charge in [-0.25, -0.2) is 9.48 Å². The SMILES string of the molecule is CC1=C(C(=O)OCc2ccccc2)C(c2cc(Br)ccc2OCc2ccc(Cl)cc2Cl)n2ncnc2N1. The summed E-state index contributed by atoms with van der Waals surface area (Å²) in [4.78, 5) is 17.8. The van der Waals surface area contributed by atoms with E-state index in [2.05, 4.69) is 31.3 Å². The highest BCUT2D eigenvalue weighted by atomic mass is 79.9. The fourth-order valence-electron chi connectivity index (χ4n) is 4.10. The van der Waals surface area contributed by atoms with Crippen LogP contribution in [0.25, 0.3) is 0 Å². The van der Waals surface area contributed by atoms with E-state index in [0.717, 1.165) is 15.6 Å². The molecule has 0 aliphatic carbocycles. The molecule has 0 saturated heterocycles. The molecule has 5 rings (SSSR count). The Hall–Kier alpha value is -3.33. The van der Waals surface area contributed by atoms with E-state index in [4.69, 9.17) is 32.7 Å². The molecule has 1 aliphatic rings. The van der Waals surface area contributed by atoms with Gasteiger partial charge in [0.05, 0.1) is 5.57 Å². The van der Waals surface area contributed by atoms with Crippen LogP contribution < -0.4 is 10.1 Å². The maximum absolute atomic E-state index is 13.5. The standard InChI is InChI=1S/C27H21BrCl2N4O3/c1-16-24(26(35)37-13-17-5-3-2-4-6-17)25(34-27(33-16)31-15-32-34)21-11-19(28)8-10-23(21)36-14-18-7-9-20(29)12-22(18)30/h2-12,15,25H,13-14H2,1H3,(H,31,32,33). The lowest BCUT2D eigenvalue weighted by atomic mass is 9.95. The molecule has 188 valence electrons. The summed E-state index contributed by atoms with van der Waals surface area (Å²) in [7, 11) is 0. The molecular formula is C27H21BrCl2N4O3. The third kappa shape index (κ3) is 5.51. The molecule has 0 fully saturated rings. The second-order valence-electron chi connectivity index (χ2n) is 8.36. The van der Waals surface area contributed by atoms with E-state index in [9.17, 15) is 4.79 Å². The number of carbonyl (C=O) groups excluding carboxylic acids is 1. The van der Waals surface area contributed by atoms with Gasteiger partial charge in [-0.1, -0.05) is 75.5 Å². The van der Waals surface area contributed by atoms with Crippen molar-refractivity contribution in [2.75, 3.05) is 5.32 Å². The molecule has 1 aromatic heterocycles. The van der Waals surface area contributed by atoms with Crippen LogP contribution >= 0.6 is 39.1 Å². The van der Waals surface area contributed by atoms with Crippen molar-refractivity contribution in [1.82, 2.24) is 14.8 Å². The molecule has 7 nitrogen and oxygen atoms in total. The van der Waals surface area contributed by atoms with Gasteiger partial charge in [-0.05, 0) is 42.8 Å². The first-order valence-corrected chi connectivity index (χ1v) is 12.9. The normalized spacial score (nSPS) is 14.6. The Morgan fingerprint density at radius 2 is 1.89 bits per heavy atom. The summed E-state index contributed by atoms with van der Waals surface area (Å²) in [6.07, 6.45) is 1.44. The van der Waals surface area contributed by atoms with E-state index in [1.807, 2.05) is 61.5 Å². The molecule has 0 spiro atoms. The van der Waals surface area contributed by atoms with Crippen LogP contribution in [0.3, 0.4) is 0 Å². The molecule has 1 N–H and O–H groups in total. The van der Waals surface area contributed by atoms with Gasteiger partial charge in [-0.3, -0.25) is 0 Å². The van der Waals surface area contributed by atoms with Crippen LogP contribution in [0.15, 0.2) is 88.8 Å². The van der Waals surface area contributed by atoms with Crippen molar-refractivity contribution in [3.8, 4) is 5.75 Å². The Labute approximate surface area is 232 Å². The second kappa shape index (κ2) is 11.0. The van der Waals surface area contributed by atoms with E-state index in [1.54, 1.807) is 16.8 Å². The molecule has 2 heterocycles. The summed E-state index contributed by atoms with van der Waals surface area (Å²) in [5.41, 5.74) is 3.40. The quantitative estimate of drug-likeness (QED) is 0.231. The highest BCUT2D eigenvalue weighted by Gasteiger charge is 2.36. The average Bonchev–Trinajstić information content (AvgIpc) is 3.35. The van der Waals surface area contributed by atoms with Crippen LogP contribution in [0.4, 0.5) is 5.95 Å². The van der Waals surface area contributed by atoms with Crippen LogP contribution in [0.1, 0.15) is 29.7 Å². The number of allylic oxidation sites excluding steroid dienone is 1. The van der Waals surface area contributed by atoms with E-state index >= 15 is 0 Å². The van der Waals surface area contributed by atoms with Gasteiger partial charge in [-0.2, -0.15) is 10.1 Å². The Balaban J connectivity index is 1.50. The zero-order valence-electron chi connectivity index (χ0n) is 19.6. The van der Waals surface area contributed by atoms with Crippen molar-refractivity contribution in [2.24, 2.45) is 0 Å². The van der Waals surface area contributed by atoms with Gasteiger partial charge in [0.1, 0.15) is 31.3 Å². The maximum Gasteiger partial charge on any atom is 0.338 e. The summed E-state index contributed by atoms with van der Waals surface area (Å²) in [5.74, 6) is 0.601. The highest BCUT2D eigenvalue weighted by molar-refractivity contribution is 9.10. The number of benzene rings is 3. The van der Waals surface area contributed by atoms with Crippen LogP contribution in [0.5, 0.6) is 5.75 Å². The molecule has 0 radical (unpaired) electrons. The molecule has 10 heteroatoms. The smallest absolute Gasteiger partial charge is 0.338 e. The fraction of sp³-hybridized carbons (Fsp3) is 0.148. The predicted octanol–water partition coefficient (Wildman–Crippen LogP) is 6.96. The second-order valence-corrected chi connectivity index (χ2v) is 10.1. The Bertz CT molecular complexity index is 1490. The molecular weight excluding hydrogens is 579 g/mol. The molecule has 4 aromatic rings. The number of hydrogen-bond acceptors (Lipinski definition) is 6. The third-order valence-electron chi connectivity index (χ3n) is 5.89. The van der Waals surface area contributed by atoms with Crippen LogP contribution in [-0.2, 0) is 22.7 Å². The molecule has 0 amide bonds. The Morgan fingerprint density at radius 3 is 2.68 bits per heavy atom. The minimum absolute atomic E-state index is 0.143. The number of nitrogens with zero attached hydrogens (tertiary/aromatic N) is 3. The summed E-state index contributed by atoms with van der Waals surface area (Å²) < 4.78 is 14.4. The average molecular weight is 600 g/mol. The Kier molecular flexibility index (Phi) is 7.50. The summed E-state index contributed by atoms with van der Waals surface area (Å²) in [6.45, 7) is 2.16. The van der Waals surface area contributed by atoms with Crippen molar-refractivity contribution in [2.45, 2.75) is 26.2 Å². The molecule has 0 bridgehead atoms. The van der Waals surface area contributed by atoms with Gasteiger partial charge in [-0.15, -0.1) is 0 Å². The molecule has 37 heavy (non-hydrogen) atoms. The van der Waals surface area contributed by atoms with Crippen molar-refractivity contribution in [1.29, 1.82) is 0 Å². The predicted molar refractivity (Wildman–Crippen MR) is 146 cm³/mol. The fourth-order valence-corrected chi connectivity index (χ4v) is 4.94. The zero-order valence-corrected chi connectivity index (χ0v) is 22.7. The van der Waals surface area contributed by atoms with Gasteiger partial charge in [0.25, 0.3) is 0 Å². The number of aromatic nitrogens is 3. The summed E-state index contributed by atoms with van der Waals surface area (Å²) in [6, 6.07) is 19.7. The van der Waals surface area contributed by atoms with E-state index < -0.39 is 12.0 Å². The van der Waals surface area contributed by atoms with Crippen molar-refractivity contribution in [3.63, 3.8) is 0 Å². The van der Waals surface area contributed by atoms with Crippen LogP contribution in [0, 0.1) is 0 Å². The monoisotopic (exact) mass is 598 g/mol. The number of nitrogens with one attached hydrogen (secondary N) is 1. The molecule has 1 atom stereocenters. The number of ether oxygens (including phenoxy) is 2. The number of anilines is 1. The first kappa shape index (κ1) is 25.3. The van der Waals surface area contributed by atoms with Crippen LogP contribution in [-0.4, -0.2) is 20.7 Å². The number of halogens is 3. The highest BCUT2D eigenvalue weighted by Crippen LogP contribution is 2.41. The number of carbonyl (C=O) groups is 1. The number of rotatable bonds is 7. The summed E-state index contributed by atoms with van der Waals surface area (Å²) >= 11 is 16.0. The molecule has 1 unspecified atom stereocenters. The van der Waals surface area contributed by atoms with Crippen LogP contribution in [0.2, 0.25) is 10.0 Å². The van der Waals surface area contributed by atoms with Gasteiger partial charge >= 0.3 is 5.97 Å². The summed E-state index contributed by atoms with van der Waals surface area (Å²) in [5, 5.41) is 8.62. The first-order chi connectivity index (χ1) is 17.9. The lowest BCUT2D eigenvalue weighted by Gasteiger charge is -2.29. The maximum atomic E-state index is 13.5. The minimum Gasteiger partial charge on any atom is -0.488 e. The molecule has 0 saturated carbocycles. The molecule has 1 aliphatic heterocycles. The topological polar surface area (TPSA) is 78.3 Å².